The van der Waals surface area contributed by atoms with Crippen molar-refractivity contribution in [2.75, 3.05) is 0 Å². The molecular weight excluding hydrogens is 184 g/mol. The molecule has 1 aliphatic rings. The lowest BCUT2D eigenvalue weighted by atomic mass is 9.68. The van der Waals surface area contributed by atoms with E-state index in [2.05, 4.69) is 0 Å². The fraction of sp³-hybridized carbons (Fsp3) is 0.800. The second-order valence-corrected chi connectivity index (χ2v) is 4.62. The van der Waals surface area contributed by atoms with Crippen molar-refractivity contribution in [1.82, 2.24) is 0 Å². The molecule has 1 rings (SSSR count). The van der Waals surface area contributed by atoms with Gasteiger partial charge in [0, 0.05) is 5.41 Å². The smallest absolute Gasteiger partial charge is 0.310 e. The molecule has 1 aliphatic carbocycles. The van der Waals surface area contributed by atoms with Crippen molar-refractivity contribution < 1.29 is 19.4 Å². The zero-order valence-electron chi connectivity index (χ0n) is 8.74. The molecule has 0 spiro atoms. The van der Waals surface area contributed by atoms with Crippen LogP contribution in [0, 0.1) is 10.8 Å². The molecule has 80 valence electrons. The molecule has 0 aromatic rings. The van der Waals surface area contributed by atoms with Crippen LogP contribution in [0.25, 0.3) is 0 Å². The molecule has 14 heavy (non-hydrogen) atoms. The van der Waals surface area contributed by atoms with Gasteiger partial charge in [-0.3, -0.25) is 9.59 Å². The van der Waals surface area contributed by atoms with Crippen molar-refractivity contribution in [3.8, 4) is 0 Å². The number of carboxylic acids is 1. The first-order chi connectivity index (χ1) is 6.36. The lowest BCUT2D eigenvalue weighted by molar-refractivity contribution is -0.159. The van der Waals surface area contributed by atoms with E-state index in [9.17, 15) is 9.59 Å². The highest BCUT2D eigenvalue weighted by Crippen LogP contribution is 2.53. The molecule has 1 saturated carbocycles. The minimum Gasteiger partial charge on any atom is -0.481 e. The Bertz CT molecular complexity index is 259. The number of hydrogen-bond donors (Lipinski definition) is 1. The first-order valence-electron chi connectivity index (χ1n) is 4.69. The van der Waals surface area contributed by atoms with Crippen molar-refractivity contribution >= 4 is 12.4 Å². The maximum atomic E-state index is 11.1. The van der Waals surface area contributed by atoms with Gasteiger partial charge >= 0.3 is 5.97 Å². The first-order valence-corrected chi connectivity index (χ1v) is 4.69. The molecule has 1 fully saturated rings. The van der Waals surface area contributed by atoms with Gasteiger partial charge in [-0.25, -0.2) is 0 Å². The number of hydrogen-bond acceptors (Lipinski definition) is 3. The SMILES string of the molecule is CC1(C)[C@@H](OC=O)CC[C@@]1(C)C(=O)O. The number of carbonyl (C=O) groups excluding carboxylic acids is 1. The minimum absolute atomic E-state index is 0.291. The van der Waals surface area contributed by atoms with Crippen LogP contribution in [0.4, 0.5) is 0 Å². The van der Waals surface area contributed by atoms with Gasteiger partial charge in [0.2, 0.25) is 0 Å². The van der Waals surface area contributed by atoms with E-state index >= 15 is 0 Å². The number of rotatable bonds is 3. The van der Waals surface area contributed by atoms with Gasteiger partial charge in [0.05, 0.1) is 5.41 Å². The van der Waals surface area contributed by atoms with Gasteiger partial charge < -0.3 is 9.84 Å². The van der Waals surface area contributed by atoms with Crippen LogP contribution in [0.2, 0.25) is 0 Å². The van der Waals surface area contributed by atoms with Gasteiger partial charge in [0.15, 0.2) is 0 Å². The molecule has 0 amide bonds. The Kier molecular flexibility index (Phi) is 2.56. The van der Waals surface area contributed by atoms with Crippen LogP contribution in [-0.4, -0.2) is 23.7 Å². The topological polar surface area (TPSA) is 63.6 Å². The van der Waals surface area contributed by atoms with E-state index in [0.717, 1.165) is 0 Å². The van der Waals surface area contributed by atoms with Gasteiger partial charge in [-0.2, -0.15) is 0 Å². The molecule has 0 bridgehead atoms. The molecule has 0 aliphatic heterocycles. The van der Waals surface area contributed by atoms with E-state index in [1.165, 1.54) is 0 Å². The Labute approximate surface area is 83.2 Å². The van der Waals surface area contributed by atoms with E-state index in [0.29, 0.717) is 19.3 Å². The summed E-state index contributed by atoms with van der Waals surface area (Å²) in [6, 6.07) is 0. The van der Waals surface area contributed by atoms with Crippen molar-refractivity contribution in [3.05, 3.63) is 0 Å². The van der Waals surface area contributed by atoms with Gasteiger partial charge in [-0.1, -0.05) is 13.8 Å². The Hall–Kier alpha value is -1.06. The van der Waals surface area contributed by atoms with Crippen molar-refractivity contribution in [3.63, 3.8) is 0 Å². The summed E-state index contributed by atoms with van der Waals surface area (Å²) < 4.78 is 4.92. The maximum Gasteiger partial charge on any atom is 0.310 e. The molecule has 4 heteroatoms. The van der Waals surface area contributed by atoms with Crippen LogP contribution in [0.1, 0.15) is 33.6 Å². The van der Waals surface area contributed by atoms with Gasteiger partial charge in [-0.05, 0) is 19.8 Å². The second kappa shape index (κ2) is 3.26. The van der Waals surface area contributed by atoms with E-state index in [1.54, 1.807) is 6.92 Å². The summed E-state index contributed by atoms with van der Waals surface area (Å²) in [5, 5.41) is 9.15. The van der Waals surface area contributed by atoms with Gasteiger partial charge in [-0.15, -0.1) is 0 Å². The molecule has 4 nitrogen and oxygen atoms in total. The second-order valence-electron chi connectivity index (χ2n) is 4.62. The summed E-state index contributed by atoms with van der Waals surface area (Å²) in [6.45, 7) is 5.79. The number of aliphatic carboxylic acids is 1. The molecule has 2 atom stereocenters. The fourth-order valence-electron chi connectivity index (χ4n) is 2.15. The molecule has 0 aromatic carbocycles. The van der Waals surface area contributed by atoms with Crippen LogP contribution in [0.3, 0.4) is 0 Å². The summed E-state index contributed by atoms with van der Waals surface area (Å²) in [6.07, 6.45) is 0.878. The molecule has 0 heterocycles. The van der Waals surface area contributed by atoms with Crippen LogP contribution in [0.5, 0.6) is 0 Å². The molecule has 0 unspecified atom stereocenters. The maximum absolute atomic E-state index is 11.1. The quantitative estimate of drug-likeness (QED) is 0.700. The molecule has 0 saturated heterocycles. The van der Waals surface area contributed by atoms with E-state index in [1.807, 2.05) is 13.8 Å². The van der Waals surface area contributed by atoms with Crippen molar-refractivity contribution in [2.45, 2.75) is 39.7 Å². The normalized spacial score (nSPS) is 35.2. The van der Waals surface area contributed by atoms with E-state index in [4.69, 9.17) is 9.84 Å². The number of carbonyl (C=O) groups is 2. The van der Waals surface area contributed by atoms with Crippen LogP contribution < -0.4 is 0 Å². The van der Waals surface area contributed by atoms with Gasteiger partial charge in [0.1, 0.15) is 6.10 Å². The average molecular weight is 200 g/mol. The lowest BCUT2D eigenvalue weighted by Gasteiger charge is -2.37. The van der Waals surface area contributed by atoms with E-state index in [-0.39, 0.29) is 6.10 Å². The van der Waals surface area contributed by atoms with Crippen molar-refractivity contribution in [1.29, 1.82) is 0 Å². The van der Waals surface area contributed by atoms with E-state index < -0.39 is 16.8 Å². The molecule has 0 aromatic heterocycles. The Morgan fingerprint density at radius 2 is 2.07 bits per heavy atom. The van der Waals surface area contributed by atoms with Gasteiger partial charge in [0.25, 0.3) is 6.47 Å². The Morgan fingerprint density at radius 1 is 1.50 bits per heavy atom. The molecule has 0 radical (unpaired) electrons. The predicted molar refractivity (Wildman–Crippen MR) is 49.7 cm³/mol. The summed E-state index contributed by atoms with van der Waals surface area (Å²) in [5.41, 5.74) is -1.32. The highest BCUT2D eigenvalue weighted by molar-refractivity contribution is 5.76. The number of carboxylic acid groups (broad SMARTS) is 1. The third-order valence-corrected chi connectivity index (χ3v) is 3.83. The van der Waals surface area contributed by atoms with Crippen LogP contribution >= 0.6 is 0 Å². The summed E-state index contributed by atoms with van der Waals surface area (Å²) in [5.74, 6) is -0.820. The lowest BCUT2D eigenvalue weighted by Crippen LogP contribution is -2.43. The average Bonchev–Trinajstić information content (AvgIpc) is 2.30. The highest BCUT2D eigenvalue weighted by atomic mass is 16.5. The zero-order chi connectivity index (χ0) is 11.0. The monoisotopic (exact) mass is 200 g/mol. The minimum atomic E-state index is -0.820. The Balaban J connectivity index is 2.95. The first kappa shape index (κ1) is 11.0. The largest absolute Gasteiger partial charge is 0.481 e. The summed E-state index contributed by atoms with van der Waals surface area (Å²) in [4.78, 5) is 21.4. The molecule has 1 N–H and O–H groups in total. The third kappa shape index (κ3) is 1.29. The van der Waals surface area contributed by atoms with Crippen LogP contribution in [-0.2, 0) is 14.3 Å². The fourth-order valence-corrected chi connectivity index (χ4v) is 2.15. The highest BCUT2D eigenvalue weighted by Gasteiger charge is 2.57. The summed E-state index contributed by atoms with van der Waals surface area (Å²) in [7, 11) is 0. The van der Waals surface area contributed by atoms with Crippen molar-refractivity contribution in [2.24, 2.45) is 10.8 Å². The Morgan fingerprint density at radius 3 is 2.43 bits per heavy atom. The standard InChI is InChI=1S/C10H16O4/c1-9(2)7(14-6-11)4-5-10(9,3)8(12)13/h6-7H,4-5H2,1-3H3,(H,12,13)/t7-,10-/m0/s1. The molecular formula is C10H16O4. The number of ether oxygens (including phenoxy) is 1. The predicted octanol–water partition coefficient (Wildman–Crippen LogP) is 1.44. The third-order valence-electron chi connectivity index (χ3n) is 3.83. The summed E-state index contributed by atoms with van der Waals surface area (Å²) >= 11 is 0. The van der Waals surface area contributed by atoms with Crippen LogP contribution in [0.15, 0.2) is 0 Å². The zero-order valence-corrected chi connectivity index (χ0v) is 8.74.